The van der Waals surface area contributed by atoms with Gasteiger partial charge in [0.2, 0.25) is 5.91 Å². The molecule has 1 unspecified atom stereocenters. The number of nitrogens with one attached hydrogen (secondary N) is 3. The third-order valence-corrected chi connectivity index (χ3v) is 5.08. The molecule has 164 valence electrons. The first kappa shape index (κ1) is 25.6. The Hall–Kier alpha value is -1.39. The van der Waals surface area contributed by atoms with Gasteiger partial charge in [0.15, 0.2) is 5.96 Å². The minimum absolute atomic E-state index is 0. The van der Waals surface area contributed by atoms with Crippen LogP contribution in [0.1, 0.15) is 38.3 Å². The van der Waals surface area contributed by atoms with Gasteiger partial charge in [0.25, 0.3) is 0 Å². The fourth-order valence-electron chi connectivity index (χ4n) is 3.30. The van der Waals surface area contributed by atoms with Crippen molar-refractivity contribution in [3.8, 4) is 0 Å². The van der Waals surface area contributed by atoms with E-state index in [1.807, 2.05) is 13.0 Å². The maximum absolute atomic E-state index is 11.9. The van der Waals surface area contributed by atoms with E-state index in [9.17, 15) is 4.79 Å². The van der Waals surface area contributed by atoms with E-state index in [1.54, 1.807) is 19.0 Å². The molecule has 1 aromatic carbocycles. The Kier molecular flexibility index (Phi) is 11.5. The quantitative estimate of drug-likeness (QED) is 0.280. The third-order valence-electron chi connectivity index (χ3n) is 5.08. The molecule has 3 N–H and O–H groups in total. The van der Waals surface area contributed by atoms with E-state index in [2.05, 4.69) is 52.1 Å². The summed E-state index contributed by atoms with van der Waals surface area (Å²) in [5.74, 6) is 0.645. The summed E-state index contributed by atoms with van der Waals surface area (Å²) < 4.78 is 5.61. The van der Waals surface area contributed by atoms with E-state index >= 15 is 0 Å². The van der Waals surface area contributed by atoms with Crippen LogP contribution in [-0.4, -0.2) is 69.2 Å². The Morgan fingerprint density at radius 2 is 1.86 bits per heavy atom. The highest BCUT2D eigenvalue weighted by molar-refractivity contribution is 14.0. The second-order valence-electron chi connectivity index (χ2n) is 7.51. The fraction of sp³-hybridized carbons (Fsp3) is 0.619. The molecule has 0 saturated carbocycles. The van der Waals surface area contributed by atoms with Crippen LogP contribution in [0.25, 0.3) is 0 Å². The van der Waals surface area contributed by atoms with Crippen molar-refractivity contribution in [1.82, 2.24) is 20.9 Å². The van der Waals surface area contributed by atoms with Gasteiger partial charge in [-0.05, 0) is 32.3 Å². The van der Waals surface area contributed by atoms with Gasteiger partial charge in [0.05, 0.1) is 0 Å². The Balaban J connectivity index is 0.00000420. The lowest BCUT2D eigenvalue weighted by Gasteiger charge is -2.41. The number of carbonyl (C=O) groups excluding carboxylic acids is 1. The van der Waals surface area contributed by atoms with E-state index in [0.29, 0.717) is 5.96 Å². The first-order chi connectivity index (χ1) is 13.5. The molecular weight excluding hydrogens is 481 g/mol. The van der Waals surface area contributed by atoms with E-state index in [4.69, 9.17) is 4.74 Å². The molecule has 1 aromatic rings. The first-order valence-electron chi connectivity index (χ1n) is 10.1. The lowest BCUT2D eigenvalue weighted by molar-refractivity contribution is -0.127. The predicted molar refractivity (Wildman–Crippen MR) is 129 cm³/mol. The summed E-state index contributed by atoms with van der Waals surface area (Å²) in [6, 6.07) is 10.7. The number of hydrogen-bond donors (Lipinski definition) is 3. The monoisotopic (exact) mass is 517 g/mol. The van der Waals surface area contributed by atoms with Crippen LogP contribution in [0.5, 0.6) is 0 Å². The molecule has 7 nitrogen and oxygen atoms in total. The average molecular weight is 517 g/mol. The van der Waals surface area contributed by atoms with E-state index in [0.717, 1.165) is 39.1 Å². The van der Waals surface area contributed by atoms with Gasteiger partial charge in [-0.2, -0.15) is 0 Å². The number of guanidine groups is 1. The van der Waals surface area contributed by atoms with Crippen LogP contribution in [0.15, 0.2) is 35.3 Å². The predicted octanol–water partition coefficient (Wildman–Crippen LogP) is 2.15. The molecule has 0 radical (unpaired) electrons. The number of hydrogen-bond acceptors (Lipinski definition) is 4. The Morgan fingerprint density at radius 3 is 2.45 bits per heavy atom. The molecule has 1 saturated heterocycles. The Bertz CT molecular complexity index is 633. The van der Waals surface area contributed by atoms with Crippen molar-refractivity contribution in [2.24, 2.45) is 4.99 Å². The molecule has 0 bridgehead atoms. The number of rotatable bonds is 8. The lowest BCUT2D eigenvalue weighted by atomic mass is 9.88. The van der Waals surface area contributed by atoms with Gasteiger partial charge >= 0.3 is 0 Å². The van der Waals surface area contributed by atoms with Crippen LogP contribution in [0, 0.1) is 0 Å². The topological polar surface area (TPSA) is 78.0 Å². The molecule has 2 rings (SSSR count). The number of benzene rings is 1. The molecule has 0 aromatic heterocycles. The number of halogens is 1. The van der Waals surface area contributed by atoms with E-state index in [-0.39, 0.29) is 48.0 Å². The minimum Gasteiger partial charge on any atom is -0.381 e. The molecular formula is C21H36IN5O2. The highest BCUT2D eigenvalue weighted by Gasteiger charge is 2.34. The Labute approximate surface area is 192 Å². The van der Waals surface area contributed by atoms with E-state index in [1.165, 1.54) is 5.56 Å². The van der Waals surface area contributed by atoms with Gasteiger partial charge in [-0.25, -0.2) is 4.99 Å². The van der Waals surface area contributed by atoms with Crippen LogP contribution in [0.4, 0.5) is 0 Å². The highest BCUT2D eigenvalue weighted by atomic mass is 127. The summed E-state index contributed by atoms with van der Waals surface area (Å²) in [5, 5.41) is 10.5. The van der Waals surface area contributed by atoms with Crippen LogP contribution >= 0.6 is 24.0 Å². The van der Waals surface area contributed by atoms with Crippen molar-refractivity contribution in [2.75, 3.05) is 46.9 Å². The molecule has 1 atom stereocenters. The summed E-state index contributed by atoms with van der Waals surface area (Å²) in [5.41, 5.74) is 1.18. The SMILES string of the molecule is CCNC(=NCC(=O)N(C)C)NCC1(NC(C)c2ccccc2)CCOCC1.I. The molecule has 1 heterocycles. The number of aliphatic imine (C=N–C) groups is 1. The summed E-state index contributed by atoms with van der Waals surface area (Å²) >= 11 is 0. The first-order valence-corrected chi connectivity index (χ1v) is 10.1. The molecule has 8 heteroatoms. The van der Waals surface area contributed by atoms with Crippen molar-refractivity contribution in [1.29, 1.82) is 0 Å². The molecule has 1 aliphatic rings. The van der Waals surface area contributed by atoms with Crippen molar-refractivity contribution < 1.29 is 9.53 Å². The van der Waals surface area contributed by atoms with Gasteiger partial charge < -0.3 is 25.6 Å². The molecule has 1 aliphatic heterocycles. The highest BCUT2D eigenvalue weighted by Crippen LogP contribution is 2.25. The summed E-state index contributed by atoms with van der Waals surface area (Å²) in [6.45, 7) is 7.28. The van der Waals surface area contributed by atoms with Crippen molar-refractivity contribution >= 4 is 35.8 Å². The van der Waals surface area contributed by atoms with Crippen molar-refractivity contribution in [2.45, 2.75) is 38.3 Å². The largest absolute Gasteiger partial charge is 0.381 e. The lowest BCUT2D eigenvalue weighted by Crippen LogP contribution is -2.58. The van der Waals surface area contributed by atoms with Crippen LogP contribution in [-0.2, 0) is 9.53 Å². The zero-order valence-corrected chi connectivity index (χ0v) is 20.4. The van der Waals surface area contributed by atoms with Gasteiger partial charge in [0, 0.05) is 52.0 Å². The summed E-state index contributed by atoms with van der Waals surface area (Å²) in [7, 11) is 3.48. The minimum atomic E-state index is -0.0880. The maximum Gasteiger partial charge on any atom is 0.243 e. The Morgan fingerprint density at radius 1 is 1.21 bits per heavy atom. The smallest absolute Gasteiger partial charge is 0.243 e. The van der Waals surface area contributed by atoms with Gasteiger partial charge in [-0.15, -0.1) is 24.0 Å². The van der Waals surface area contributed by atoms with Crippen molar-refractivity contribution in [3.63, 3.8) is 0 Å². The zero-order valence-electron chi connectivity index (χ0n) is 18.0. The standard InChI is InChI=1S/C21H35N5O2.HI/c1-5-22-20(23-15-19(27)26(3)4)24-16-21(11-13-28-14-12-21)25-17(2)18-9-7-6-8-10-18;/h6-10,17,25H,5,11-16H2,1-4H3,(H2,22,23,24);1H. The van der Waals surface area contributed by atoms with Gasteiger partial charge in [-0.1, -0.05) is 30.3 Å². The normalized spacial score (nSPS) is 17.0. The summed E-state index contributed by atoms with van der Waals surface area (Å²) in [6.07, 6.45) is 1.85. The molecule has 0 aliphatic carbocycles. The number of nitrogens with zero attached hydrogens (tertiary/aromatic N) is 2. The zero-order chi connectivity index (χ0) is 20.4. The van der Waals surface area contributed by atoms with Crippen LogP contribution < -0.4 is 16.0 Å². The molecule has 29 heavy (non-hydrogen) atoms. The summed E-state index contributed by atoms with van der Waals surface area (Å²) in [4.78, 5) is 17.8. The second kappa shape index (κ2) is 13.0. The van der Waals surface area contributed by atoms with Crippen molar-refractivity contribution in [3.05, 3.63) is 35.9 Å². The molecule has 1 fully saturated rings. The number of carbonyl (C=O) groups is 1. The van der Waals surface area contributed by atoms with Crippen LogP contribution in [0.3, 0.4) is 0 Å². The number of likely N-dealkylation sites (N-methyl/N-ethyl adjacent to an activating group) is 1. The fourth-order valence-corrected chi connectivity index (χ4v) is 3.30. The maximum atomic E-state index is 11.9. The average Bonchev–Trinajstić information content (AvgIpc) is 2.71. The van der Waals surface area contributed by atoms with Gasteiger partial charge in [0.1, 0.15) is 6.54 Å². The third kappa shape index (κ3) is 8.47. The molecule has 1 amide bonds. The number of ether oxygens (including phenoxy) is 1. The van der Waals surface area contributed by atoms with Gasteiger partial charge in [-0.3, -0.25) is 4.79 Å². The van der Waals surface area contributed by atoms with Crippen LogP contribution in [0.2, 0.25) is 0 Å². The number of amides is 1. The molecule has 0 spiro atoms. The van der Waals surface area contributed by atoms with E-state index < -0.39 is 0 Å². The second-order valence-corrected chi connectivity index (χ2v) is 7.51.